The van der Waals surface area contributed by atoms with E-state index in [1.54, 1.807) is 11.3 Å². The zero-order chi connectivity index (χ0) is 9.35. The van der Waals surface area contributed by atoms with E-state index in [0.29, 0.717) is 0 Å². The van der Waals surface area contributed by atoms with E-state index in [9.17, 15) is 0 Å². The molecule has 1 aromatic rings. The monoisotopic (exact) mass is 247 g/mol. The molecule has 0 radical (unpaired) electrons. The lowest BCUT2D eigenvalue weighted by molar-refractivity contribution is 0.330. The van der Waals surface area contributed by atoms with Gasteiger partial charge in [0.25, 0.3) is 0 Å². The van der Waals surface area contributed by atoms with Gasteiger partial charge < -0.3 is 5.73 Å². The van der Waals surface area contributed by atoms with Crippen molar-refractivity contribution >= 4 is 27.3 Å². The second-order valence-corrected chi connectivity index (χ2v) is 5.78. The molecule has 0 aliphatic heterocycles. The van der Waals surface area contributed by atoms with Gasteiger partial charge in [-0.25, -0.2) is 0 Å². The molecular formula is C9H14BrNS. The summed E-state index contributed by atoms with van der Waals surface area (Å²) in [7, 11) is 0. The maximum absolute atomic E-state index is 6.10. The summed E-state index contributed by atoms with van der Waals surface area (Å²) in [6.45, 7) is 6.47. The Morgan fingerprint density at radius 2 is 2.08 bits per heavy atom. The second kappa shape index (κ2) is 3.48. The highest BCUT2D eigenvalue weighted by Gasteiger charge is 2.24. The second-order valence-electron chi connectivity index (χ2n) is 3.98. The van der Waals surface area contributed by atoms with Gasteiger partial charge in [0.1, 0.15) is 0 Å². The summed E-state index contributed by atoms with van der Waals surface area (Å²) >= 11 is 5.20. The number of rotatable bonds is 1. The molecule has 1 nitrogen and oxygen atoms in total. The molecule has 1 atom stereocenters. The molecule has 0 saturated carbocycles. The number of hydrogen-bond acceptors (Lipinski definition) is 2. The summed E-state index contributed by atoms with van der Waals surface area (Å²) in [5, 5.41) is 2.06. The lowest BCUT2D eigenvalue weighted by atomic mass is 9.87. The summed E-state index contributed by atoms with van der Waals surface area (Å²) in [4.78, 5) is 1.24. The third-order valence-corrected chi connectivity index (χ3v) is 3.81. The first-order chi connectivity index (χ1) is 5.43. The van der Waals surface area contributed by atoms with Gasteiger partial charge in [-0.1, -0.05) is 20.8 Å². The van der Waals surface area contributed by atoms with E-state index in [1.165, 1.54) is 4.88 Å². The molecule has 1 rings (SSSR count). The quantitative estimate of drug-likeness (QED) is 0.808. The fourth-order valence-corrected chi connectivity index (χ4v) is 2.79. The van der Waals surface area contributed by atoms with Gasteiger partial charge in [0.15, 0.2) is 0 Å². The Hall–Kier alpha value is 0.140. The third kappa shape index (κ3) is 2.09. The first-order valence-corrected chi connectivity index (χ1v) is 5.58. The Bertz CT molecular complexity index is 262. The maximum atomic E-state index is 6.10. The molecule has 3 heteroatoms. The van der Waals surface area contributed by atoms with E-state index < -0.39 is 0 Å². The van der Waals surface area contributed by atoms with Crippen LogP contribution in [-0.4, -0.2) is 0 Å². The molecule has 0 aliphatic rings. The van der Waals surface area contributed by atoms with Gasteiger partial charge in [-0.3, -0.25) is 0 Å². The summed E-state index contributed by atoms with van der Waals surface area (Å²) < 4.78 is 1.13. The Morgan fingerprint density at radius 1 is 1.50 bits per heavy atom. The van der Waals surface area contributed by atoms with Gasteiger partial charge in [0.2, 0.25) is 0 Å². The molecule has 0 aliphatic carbocycles. The highest BCUT2D eigenvalue weighted by atomic mass is 79.9. The zero-order valence-corrected chi connectivity index (χ0v) is 10.00. The minimum atomic E-state index is 0.117. The van der Waals surface area contributed by atoms with Crippen molar-refractivity contribution in [2.75, 3.05) is 0 Å². The van der Waals surface area contributed by atoms with E-state index in [0.717, 1.165) is 4.47 Å². The number of hydrogen-bond donors (Lipinski definition) is 1. The third-order valence-electron chi connectivity index (χ3n) is 1.86. The minimum absolute atomic E-state index is 0.117. The van der Waals surface area contributed by atoms with Crippen molar-refractivity contribution in [1.82, 2.24) is 0 Å². The molecular weight excluding hydrogens is 234 g/mol. The Balaban J connectivity index is 2.92. The lowest BCUT2D eigenvalue weighted by Gasteiger charge is -2.26. The molecule has 0 saturated heterocycles. The van der Waals surface area contributed by atoms with Crippen LogP contribution in [0.15, 0.2) is 15.9 Å². The lowest BCUT2D eigenvalue weighted by Crippen LogP contribution is -2.25. The standard InChI is InChI=1S/C9H14BrNS/c1-9(2,3)8(11)7-6(10)4-5-12-7/h4-5,8H,11H2,1-3H3/t8-/m1/s1. The van der Waals surface area contributed by atoms with Gasteiger partial charge in [-0.2, -0.15) is 0 Å². The van der Waals surface area contributed by atoms with Gasteiger partial charge in [-0.15, -0.1) is 11.3 Å². The van der Waals surface area contributed by atoms with Crippen LogP contribution in [0.25, 0.3) is 0 Å². The SMILES string of the molecule is CC(C)(C)[C@H](N)c1sccc1Br. The number of nitrogens with two attached hydrogens (primary N) is 1. The summed E-state index contributed by atoms with van der Waals surface area (Å²) in [6, 6.07) is 2.16. The molecule has 68 valence electrons. The van der Waals surface area contributed by atoms with Gasteiger partial charge in [0.05, 0.1) is 0 Å². The predicted molar refractivity (Wildman–Crippen MR) is 58.4 cm³/mol. The smallest absolute Gasteiger partial charge is 0.0450 e. The Kier molecular flexibility index (Phi) is 2.97. The molecule has 0 unspecified atom stereocenters. The summed E-state index contributed by atoms with van der Waals surface area (Å²) in [5.41, 5.74) is 6.23. The van der Waals surface area contributed by atoms with Crippen molar-refractivity contribution < 1.29 is 0 Å². The number of halogens is 1. The largest absolute Gasteiger partial charge is 0.323 e. The molecule has 0 bridgehead atoms. The Morgan fingerprint density at radius 3 is 2.42 bits per heavy atom. The average molecular weight is 248 g/mol. The van der Waals surface area contributed by atoms with E-state index in [2.05, 4.69) is 42.1 Å². The average Bonchev–Trinajstić information content (AvgIpc) is 2.31. The summed E-state index contributed by atoms with van der Waals surface area (Å²) in [5.74, 6) is 0. The van der Waals surface area contributed by atoms with E-state index in [-0.39, 0.29) is 11.5 Å². The highest BCUT2D eigenvalue weighted by molar-refractivity contribution is 9.10. The van der Waals surface area contributed by atoms with Crippen molar-refractivity contribution in [3.05, 3.63) is 20.8 Å². The molecule has 0 spiro atoms. The van der Waals surface area contributed by atoms with E-state index >= 15 is 0 Å². The van der Waals surface area contributed by atoms with E-state index in [4.69, 9.17) is 5.73 Å². The van der Waals surface area contributed by atoms with Crippen LogP contribution in [0, 0.1) is 5.41 Å². The van der Waals surface area contributed by atoms with Crippen LogP contribution in [0.2, 0.25) is 0 Å². The van der Waals surface area contributed by atoms with Crippen LogP contribution < -0.4 is 5.73 Å². The predicted octanol–water partition coefficient (Wildman–Crippen LogP) is 3.56. The molecule has 0 aromatic carbocycles. The minimum Gasteiger partial charge on any atom is -0.323 e. The van der Waals surface area contributed by atoms with Crippen LogP contribution in [0.3, 0.4) is 0 Å². The van der Waals surface area contributed by atoms with Crippen molar-refractivity contribution in [3.63, 3.8) is 0 Å². The van der Waals surface area contributed by atoms with Crippen LogP contribution in [0.5, 0.6) is 0 Å². The van der Waals surface area contributed by atoms with Crippen LogP contribution in [0.4, 0.5) is 0 Å². The normalized spacial score (nSPS) is 14.8. The molecule has 0 amide bonds. The molecule has 2 N–H and O–H groups in total. The fraction of sp³-hybridized carbons (Fsp3) is 0.556. The first kappa shape index (κ1) is 10.2. The van der Waals surface area contributed by atoms with Crippen LogP contribution in [-0.2, 0) is 0 Å². The maximum Gasteiger partial charge on any atom is 0.0450 e. The molecule has 0 fully saturated rings. The highest BCUT2D eigenvalue weighted by Crippen LogP contribution is 2.37. The molecule has 12 heavy (non-hydrogen) atoms. The van der Waals surface area contributed by atoms with Crippen molar-refractivity contribution in [2.24, 2.45) is 11.1 Å². The zero-order valence-electron chi connectivity index (χ0n) is 7.60. The van der Waals surface area contributed by atoms with Crippen LogP contribution in [0.1, 0.15) is 31.7 Å². The topological polar surface area (TPSA) is 26.0 Å². The van der Waals surface area contributed by atoms with Crippen molar-refractivity contribution in [3.8, 4) is 0 Å². The van der Waals surface area contributed by atoms with Crippen LogP contribution >= 0.6 is 27.3 Å². The van der Waals surface area contributed by atoms with Gasteiger partial charge in [0, 0.05) is 15.4 Å². The van der Waals surface area contributed by atoms with E-state index in [1.807, 2.05) is 6.07 Å². The van der Waals surface area contributed by atoms with Crippen molar-refractivity contribution in [1.29, 1.82) is 0 Å². The number of thiophene rings is 1. The summed E-state index contributed by atoms with van der Waals surface area (Å²) in [6.07, 6.45) is 0. The van der Waals surface area contributed by atoms with Crippen molar-refractivity contribution in [2.45, 2.75) is 26.8 Å². The molecule has 1 aromatic heterocycles. The Labute approximate surface area is 86.1 Å². The fourth-order valence-electron chi connectivity index (χ4n) is 0.921. The van der Waals surface area contributed by atoms with Gasteiger partial charge in [-0.05, 0) is 32.8 Å². The van der Waals surface area contributed by atoms with Gasteiger partial charge >= 0.3 is 0 Å². The molecule has 1 heterocycles. The first-order valence-electron chi connectivity index (χ1n) is 3.91.